The topological polar surface area (TPSA) is 162 Å². The van der Waals surface area contributed by atoms with E-state index >= 15 is 0 Å². The van der Waals surface area contributed by atoms with E-state index in [9.17, 15) is 24.6 Å². The Hall–Kier alpha value is -3.75. The lowest BCUT2D eigenvalue weighted by molar-refractivity contribution is -0.177. The molecule has 2 unspecified atom stereocenters. The van der Waals surface area contributed by atoms with Crippen molar-refractivity contribution in [1.82, 2.24) is 21.0 Å². The number of carbonyl (C=O) groups is 3. The molecule has 1 saturated heterocycles. The highest BCUT2D eigenvalue weighted by atomic mass is 16.7. The van der Waals surface area contributed by atoms with Gasteiger partial charge in [0.1, 0.15) is 17.9 Å². The number of para-hydroxylation sites is 1. The fourth-order valence-electron chi connectivity index (χ4n) is 8.82. The fourth-order valence-corrected chi connectivity index (χ4v) is 8.82. The first-order valence-electron chi connectivity index (χ1n) is 18.7. The number of amides is 3. The first kappa shape index (κ1) is 40.4. The zero-order valence-corrected chi connectivity index (χ0v) is 32.6. The van der Waals surface area contributed by atoms with E-state index in [-0.39, 0.29) is 55.1 Å². The van der Waals surface area contributed by atoms with Crippen molar-refractivity contribution in [2.45, 2.75) is 90.5 Å². The number of carbonyl (C=O) groups excluding carboxylic acids is 3. The van der Waals surface area contributed by atoms with Crippen molar-refractivity contribution in [2.75, 3.05) is 46.8 Å². The monoisotopic (exact) mass is 737 g/mol. The highest BCUT2D eigenvalue weighted by molar-refractivity contribution is 5.97. The third kappa shape index (κ3) is 8.49. The van der Waals surface area contributed by atoms with Crippen molar-refractivity contribution >= 4 is 23.4 Å². The van der Waals surface area contributed by atoms with Crippen LogP contribution in [0.2, 0.25) is 0 Å². The number of hydrogen-bond donors (Lipinski definition) is 5. The summed E-state index contributed by atoms with van der Waals surface area (Å²) in [7, 11) is 8.37. The van der Waals surface area contributed by atoms with Crippen LogP contribution in [0.3, 0.4) is 0 Å². The van der Waals surface area contributed by atoms with Gasteiger partial charge in [-0.05, 0) is 66.7 Å². The van der Waals surface area contributed by atoms with Crippen LogP contribution in [-0.4, -0.2) is 105 Å². The summed E-state index contributed by atoms with van der Waals surface area (Å²) < 4.78 is 10.9. The minimum Gasteiger partial charge on any atom is -0.496 e. The summed E-state index contributed by atoms with van der Waals surface area (Å²) in [6.07, 6.45) is -0.488. The van der Waals surface area contributed by atoms with Gasteiger partial charge in [0.15, 0.2) is 6.29 Å². The highest BCUT2D eigenvalue weighted by Crippen LogP contribution is 2.61. The summed E-state index contributed by atoms with van der Waals surface area (Å²) in [4.78, 5) is 48.4. The van der Waals surface area contributed by atoms with Gasteiger partial charge in [-0.2, -0.15) is 5.06 Å². The van der Waals surface area contributed by atoms with Gasteiger partial charge < -0.3 is 40.5 Å². The first-order valence-corrected chi connectivity index (χ1v) is 18.7. The number of aliphatic hydroxyl groups excluding tert-OH is 2. The number of benzene rings is 2. The number of rotatable bonds is 15. The normalized spacial score (nSPS) is 27.3. The maximum Gasteiger partial charge on any atom is 0.251 e. The second-order valence-electron chi connectivity index (χ2n) is 15.8. The van der Waals surface area contributed by atoms with E-state index in [1.54, 1.807) is 26.1 Å². The predicted octanol–water partition coefficient (Wildman–Crippen LogP) is 3.32. The molecule has 5 N–H and O–H groups in total. The summed E-state index contributed by atoms with van der Waals surface area (Å²) in [6.45, 7) is 8.69. The summed E-state index contributed by atoms with van der Waals surface area (Å²) in [5.41, 5.74) is 3.86. The molecular weight excluding hydrogens is 678 g/mol. The number of nitrogens with zero attached hydrogens (tertiary/aromatic N) is 2. The van der Waals surface area contributed by atoms with Crippen LogP contribution >= 0.6 is 0 Å². The minimum absolute atomic E-state index is 0.00177. The molecule has 53 heavy (non-hydrogen) atoms. The van der Waals surface area contributed by atoms with Gasteiger partial charge in [-0.1, -0.05) is 39.0 Å². The van der Waals surface area contributed by atoms with Crippen LogP contribution in [0.15, 0.2) is 36.4 Å². The number of hydroxylamine groups is 2. The maximum absolute atomic E-state index is 14.5. The Bertz CT molecular complexity index is 1630. The Morgan fingerprint density at radius 2 is 1.85 bits per heavy atom. The predicted molar refractivity (Wildman–Crippen MR) is 202 cm³/mol. The molecule has 6 rings (SSSR count). The summed E-state index contributed by atoms with van der Waals surface area (Å²) >= 11 is 0. The zero-order chi connectivity index (χ0) is 38.8. The van der Waals surface area contributed by atoms with E-state index in [2.05, 4.69) is 36.7 Å². The molecule has 0 aromatic heterocycles. The summed E-state index contributed by atoms with van der Waals surface area (Å²) in [5, 5.41) is 31.5. The Kier molecular flexibility index (Phi) is 12.8. The number of anilines is 1. The largest absolute Gasteiger partial charge is 0.496 e. The average molecular weight is 738 g/mol. The second-order valence-corrected chi connectivity index (χ2v) is 15.8. The Labute approximate surface area is 313 Å². The molecule has 3 amide bonds. The lowest BCUT2D eigenvalue weighted by Gasteiger charge is -2.62. The number of fused-ring (bicyclic) bond motifs is 2. The van der Waals surface area contributed by atoms with E-state index in [0.29, 0.717) is 29.1 Å². The molecule has 3 saturated carbocycles. The molecule has 4 fully saturated rings. The van der Waals surface area contributed by atoms with Gasteiger partial charge >= 0.3 is 0 Å². The van der Waals surface area contributed by atoms with Crippen LogP contribution in [0, 0.1) is 29.1 Å². The summed E-state index contributed by atoms with van der Waals surface area (Å²) in [6, 6.07) is 10.5. The van der Waals surface area contributed by atoms with E-state index < -0.39 is 30.5 Å². The fraction of sp³-hybridized carbons (Fsp3) is 0.625. The van der Waals surface area contributed by atoms with E-state index in [0.717, 1.165) is 28.8 Å². The molecule has 4 aliphatic rings. The molecule has 9 atom stereocenters. The number of methoxy groups -OCH3 is 2. The third-order valence-electron chi connectivity index (χ3n) is 12.1. The molecule has 13 heteroatoms. The molecule has 2 aromatic rings. The SMILES string of the molecule is CNC(=O)c1cc(-c2cccc(CN3O[C@@H](CNC(=O)CCC(O)OC)[C@@H]([C@H](C)O)[C@H]3C(=O)N[C@H]3CC4C[C@@H]([C@@H]3C)C4(C)C)c2OC)cc(N(C)C)c1. The third-order valence-corrected chi connectivity index (χ3v) is 12.1. The smallest absolute Gasteiger partial charge is 0.251 e. The van der Waals surface area contributed by atoms with Crippen molar-refractivity contribution in [3.05, 3.63) is 47.5 Å². The van der Waals surface area contributed by atoms with Crippen LogP contribution < -0.4 is 25.6 Å². The highest BCUT2D eigenvalue weighted by Gasteiger charge is 2.57. The van der Waals surface area contributed by atoms with Crippen molar-refractivity contribution in [3.8, 4) is 16.9 Å². The van der Waals surface area contributed by atoms with Gasteiger partial charge in [-0.3, -0.25) is 19.2 Å². The van der Waals surface area contributed by atoms with Crippen LogP contribution in [0.1, 0.15) is 69.3 Å². The quantitative estimate of drug-likeness (QED) is 0.172. The molecule has 2 aromatic carbocycles. The van der Waals surface area contributed by atoms with Gasteiger partial charge in [0.25, 0.3) is 5.91 Å². The van der Waals surface area contributed by atoms with Crippen LogP contribution in [0.4, 0.5) is 5.69 Å². The van der Waals surface area contributed by atoms with Gasteiger partial charge in [-0.15, -0.1) is 0 Å². The molecular formula is C40H59N5O8. The molecule has 3 aliphatic carbocycles. The molecule has 0 spiro atoms. The summed E-state index contributed by atoms with van der Waals surface area (Å²) in [5.74, 6) is 0.492. The van der Waals surface area contributed by atoms with E-state index in [4.69, 9.17) is 14.3 Å². The van der Waals surface area contributed by atoms with Crippen molar-refractivity contribution < 1.29 is 38.9 Å². The number of ether oxygens (including phenoxy) is 2. The van der Waals surface area contributed by atoms with Crippen molar-refractivity contribution in [1.29, 1.82) is 0 Å². The number of aliphatic hydroxyl groups is 2. The van der Waals surface area contributed by atoms with E-state index in [1.165, 1.54) is 13.5 Å². The van der Waals surface area contributed by atoms with Crippen molar-refractivity contribution in [2.24, 2.45) is 29.1 Å². The minimum atomic E-state index is -1.05. The molecule has 0 radical (unpaired) electrons. The molecule has 1 aliphatic heterocycles. The van der Waals surface area contributed by atoms with Gasteiger partial charge in [0.05, 0.1) is 19.8 Å². The number of nitrogens with one attached hydrogen (secondary N) is 3. The van der Waals surface area contributed by atoms with Gasteiger partial charge in [0, 0.05) is 82.0 Å². The zero-order valence-electron chi connectivity index (χ0n) is 32.6. The first-order chi connectivity index (χ1) is 25.1. The molecule has 292 valence electrons. The van der Waals surface area contributed by atoms with Crippen molar-refractivity contribution in [3.63, 3.8) is 0 Å². The lowest BCUT2D eigenvalue weighted by Crippen LogP contribution is -2.62. The standard InChI is InChI=1S/C40H59N5O8/c1-22-30-18-27(40(30,3)4)19-31(22)43-39(50)36-35(23(2)46)32(20-42-33(47)13-14-34(48)51-8)53-45(36)21-24-11-10-12-29(37(24)52-9)25-15-26(38(49)41-5)17-28(16-25)44(6)7/h10-12,15-17,22-23,27,30-32,34-36,46,48H,13-14,18-21H2,1-9H3,(H,41,49)(H,42,47)(H,43,50)/t22-,23-,27?,30-,31-,32-,34?,35+,36-/m0/s1. The number of hydrogen-bond acceptors (Lipinski definition) is 10. The lowest BCUT2D eigenvalue weighted by atomic mass is 9.45. The maximum atomic E-state index is 14.5. The van der Waals surface area contributed by atoms with E-state index in [1.807, 2.05) is 55.4 Å². The van der Waals surface area contributed by atoms with Gasteiger partial charge in [-0.25, -0.2) is 0 Å². The Balaban J connectivity index is 1.46. The van der Waals surface area contributed by atoms with Crippen LogP contribution in [0.5, 0.6) is 5.75 Å². The van der Waals surface area contributed by atoms with Crippen LogP contribution in [0.25, 0.3) is 11.1 Å². The Morgan fingerprint density at radius 1 is 1.11 bits per heavy atom. The Morgan fingerprint density at radius 3 is 2.45 bits per heavy atom. The second kappa shape index (κ2) is 16.7. The molecule has 13 nitrogen and oxygen atoms in total. The molecule has 1 heterocycles. The molecule has 2 bridgehead atoms. The average Bonchev–Trinajstić information content (AvgIpc) is 3.50. The van der Waals surface area contributed by atoms with Gasteiger partial charge in [0.2, 0.25) is 11.8 Å². The van der Waals surface area contributed by atoms with Crippen LogP contribution in [-0.2, 0) is 25.7 Å².